The Morgan fingerprint density at radius 1 is 0.452 bits per heavy atom. The molecule has 3 heterocycles. The molecule has 252 valence electrons. The molecule has 9 nitrogen and oxygen atoms in total. The van der Waals surface area contributed by atoms with Gasteiger partial charge in [-0.05, 0) is 40.0 Å². The second kappa shape index (κ2) is 26.9. The Morgan fingerprint density at radius 2 is 0.595 bits per heavy atom. The van der Waals surface area contributed by atoms with Crippen LogP contribution in [0, 0.1) is 0 Å². The van der Waals surface area contributed by atoms with E-state index in [1.807, 2.05) is 0 Å². The SMILES string of the molecule is CC(=O)[O-].CC(=O)[O-].CC(=O)[O-].CCCC[N+]1(C)CCCC1.CCCC[N+]1(C)CCCC1.CCCC[N+]1(C)CCCC1. The molecule has 3 aliphatic heterocycles. The predicted octanol–water partition coefficient (Wildman–Crippen LogP) is 2.35. The quantitative estimate of drug-likeness (QED) is 0.373. The van der Waals surface area contributed by atoms with E-state index in [4.69, 9.17) is 29.7 Å². The summed E-state index contributed by atoms with van der Waals surface area (Å²) in [6.45, 7) is 22.6. The van der Waals surface area contributed by atoms with Crippen molar-refractivity contribution in [2.75, 3.05) is 80.0 Å². The minimum atomic E-state index is -1.08. The van der Waals surface area contributed by atoms with Crippen molar-refractivity contribution >= 4 is 17.9 Å². The van der Waals surface area contributed by atoms with E-state index in [1.165, 1.54) is 149 Å². The molecular weight excluding hydrogens is 534 g/mol. The molecule has 0 saturated carbocycles. The third-order valence-electron chi connectivity index (χ3n) is 8.09. The van der Waals surface area contributed by atoms with E-state index in [9.17, 15) is 0 Å². The third kappa shape index (κ3) is 32.8. The molecule has 0 aromatic heterocycles. The predicted molar refractivity (Wildman–Crippen MR) is 167 cm³/mol. The van der Waals surface area contributed by atoms with E-state index in [1.54, 1.807) is 0 Å². The third-order valence-corrected chi connectivity index (χ3v) is 8.09. The number of carboxylic acids is 3. The summed E-state index contributed by atoms with van der Waals surface area (Å²) in [4.78, 5) is 26.7. The van der Waals surface area contributed by atoms with Crippen molar-refractivity contribution in [3.8, 4) is 0 Å². The molecule has 0 amide bonds. The van der Waals surface area contributed by atoms with Crippen LogP contribution in [0.4, 0.5) is 0 Å². The maximum atomic E-state index is 8.89. The number of hydrogen-bond acceptors (Lipinski definition) is 6. The number of likely N-dealkylation sites (tertiary alicyclic amines) is 3. The maximum absolute atomic E-state index is 8.89. The lowest BCUT2D eigenvalue weighted by atomic mass is 10.3. The standard InChI is InChI=1S/3C9H20N.3C2H4O2/c3*1-3-4-7-10(2)8-5-6-9-10;3*1-2(3)4/h3*3-9H2,1-2H3;3*1H3,(H,3,4)/q3*+1;;;/p-3. The fourth-order valence-electron chi connectivity index (χ4n) is 5.59. The van der Waals surface area contributed by atoms with Crippen molar-refractivity contribution < 1.29 is 43.2 Å². The Morgan fingerprint density at radius 3 is 0.714 bits per heavy atom. The van der Waals surface area contributed by atoms with Crippen molar-refractivity contribution in [1.29, 1.82) is 0 Å². The Bertz CT molecular complexity index is 566. The van der Waals surface area contributed by atoms with Gasteiger partial charge in [0.1, 0.15) is 0 Å². The molecule has 0 unspecified atom stereocenters. The number of rotatable bonds is 9. The molecule has 3 saturated heterocycles. The largest absolute Gasteiger partial charge is 0.550 e. The summed E-state index contributed by atoms with van der Waals surface area (Å²) in [7, 11) is 7.22. The van der Waals surface area contributed by atoms with Crippen LogP contribution in [0.5, 0.6) is 0 Å². The van der Waals surface area contributed by atoms with Crippen LogP contribution in [0.1, 0.15) is 119 Å². The highest BCUT2D eigenvalue weighted by atomic mass is 16.4. The average Bonchev–Trinajstić information content (AvgIpc) is 3.63. The molecule has 9 heteroatoms. The Hall–Kier alpha value is -1.71. The lowest BCUT2D eigenvalue weighted by molar-refractivity contribution is -0.897. The zero-order valence-corrected chi connectivity index (χ0v) is 29.1. The summed E-state index contributed by atoms with van der Waals surface area (Å²) in [6, 6.07) is 0. The molecule has 0 radical (unpaired) electrons. The number of carbonyl (C=O) groups is 3. The van der Waals surface area contributed by atoms with Gasteiger partial charge in [0, 0.05) is 56.4 Å². The van der Waals surface area contributed by atoms with Crippen LogP contribution in [-0.2, 0) is 14.4 Å². The number of hydrogen-bond donors (Lipinski definition) is 0. The van der Waals surface area contributed by atoms with Crippen LogP contribution in [-0.4, -0.2) is 111 Å². The van der Waals surface area contributed by atoms with Gasteiger partial charge in [0.05, 0.1) is 80.0 Å². The van der Waals surface area contributed by atoms with Crippen LogP contribution < -0.4 is 15.3 Å². The van der Waals surface area contributed by atoms with Crippen molar-refractivity contribution in [2.45, 2.75) is 119 Å². The first-order valence-corrected chi connectivity index (χ1v) is 16.5. The van der Waals surface area contributed by atoms with Crippen molar-refractivity contribution in [2.24, 2.45) is 0 Å². The van der Waals surface area contributed by atoms with E-state index < -0.39 is 17.9 Å². The summed E-state index contributed by atoms with van der Waals surface area (Å²) in [5, 5.41) is 26.7. The van der Waals surface area contributed by atoms with Crippen LogP contribution >= 0.6 is 0 Å². The molecule has 0 spiro atoms. The van der Waals surface area contributed by atoms with E-state index in [0.717, 1.165) is 20.8 Å². The molecule has 3 aliphatic rings. The summed E-state index contributed by atoms with van der Waals surface area (Å²) in [5.41, 5.74) is 0. The van der Waals surface area contributed by atoms with Gasteiger partial charge in [-0.2, -0.15) is 0 Å². The summed E-state index contributed by atoms with van der Waals surface area (Å²) in [5.74, 6) is -3.25. The smallest absolute Gasteiger partial charge is 0.0786 e. The topological polar surface area (TPSA) is 120 Å². The summed E-state index contributed by atoms with van der Waals surface area (Å²) >= 11 is 0. The van der Waals surface area contributed by atoms with Crippen LogP contribution in [0.2, 0.25) is 0 Å². The van der Waals surface area contributed by atoms with Gasteiger partial charge in [-0.15, -0.1) is 0 Å². The van der Waals surface area contributed by atoms with Gasteiger partial charge in [-0.25, -0.2) is 0 Å². The molecule has 3 fully saturated rings. The molecule has 0 N–H and O–H groups in total. The summed E-state index contributed by atoms with van der Waals surface area (Å²) in [6.07, 6.45) is 17.1. The van der Waals surface area contributed by atoms with Crippen molar-refractivity contribution in [3.05, 3.63) is 0 Å². The average molecular weight is 604 g/mol. The zero-order chi connectivity index (χ0) is 33.1. The lowest BCUT2D eigenvalue weighted by Crippen LogP contribution is -2.41. The first kappa shape index (κ1) is 44.7. The molecule has 3 rings (SSSR count). The van der Waals surface area contributed by atoms with Gasteiger partial charge in [0.25, 0.3) is 0 Å². The maximum Gasteiger partial charge on any atom is 0.0786 e. The molecule has 0 aromatic carbocycles. The lowest BCUT2D eigenvalue weighted by Gasteiger charge is -2.28. The van der Waals surface area contributed by atoms with Crippen LogP contribution in [0.3, 0.4) is 0 Å². The monoisotopic (exact) mass is 604 g/mol. The van der Waals surface area contributed by atoms with Crippen LogP contribution in [0.25, 0.3) is 0 Å². The van der Waals surface area contributed by atoms with Crippen LogP contribution in [0.15, 0.2) is 0 Å². The van der Waals surface area contributed by atoms with Gasteiger partial charge in [0.15, 0.2) is 0 Å². The minimum Gasteiger partial charge on any atom is -0.550 e. The van der Waals surface area contributed by atoms with Gasteiger partial charge in [-0.3, -0.25) is 0 Å². The highest BCUT2D eigenvalue weighted by Crippen LogP contribution is 2.18. The van der Waals surface area contributed by atoms with E-state index in [2.05, 4.69) is 41.9 Å². The molecule has 42 heavy (non-hydrogen) atoms. The molecule has 0 bridgehead atoms. The van der Waals surface area contributed by atoms with Crippen molar-refractivity contribution in [1.82, 2.24) is 0 Å². The minimum absolute atomic E-state index is 0.972. The van der Waals surface area contributed by atoms with Crippen molar-refractivity contribution in [3.63, 3.8) is 0 Å². The Kier molecular flexibility index (Phi) is 28.6. The van der Waals surface area contributed by atoms with E-state index in [0.29, 0.717) is 0 Å². The Balaban J connectivity index is -0.000000458. The van der Waals surface area contributed by atoms with Gasteiger partial charge >= 0.3 is 0 Å². The highest BCUT2D eigenvalue weighted by molar-refractivity contribution is 5.60. The molecule has 0 aromatic rings. The van der Waals surface area contributed by atoms with E-state index >= 15 is 0 Å². The number of quaternary nitrogens is 3. The number of unbranched alkanes of at least 4 members (excludes halogenated alkanes) is 3. The number of carboxylic acid groups (broad SMARTS) is 3. The first-order valence-electron chi connectivity index (χ1n) is 16.5. The zero-order valence-electron chi connectivity index (χ0n) is 29.1. The number of carbonyl (C=O) groups excluding carboxylic acids is 3. The first-order chi connectivity index (χ1) is 19.5. The molecule has 0 atom stereocenters. The normalized spacial score (nSPS) is 18.5. The summed E-state index contributed by atoms with van der Waals surface area (Å²) < 4.78 is 4.06. The van der Waals surface area contributed by atoms with Gasteiger partial charge in [-0.1, -0.05) is 40.0 Å². The fourth-order valence-corrected chi connectivity index (χ4v) is 5.59. The second-order valence-corrected chi connectivity index (χ2v) is 13.0. The Labute approximate surface area is 259 Å². The fraction of sp³-hybridized carbons (Fsp3) is 0.909. The second-order valence-electron chi connectivity index (χ2n) is 13.0. The van der Waals surface area contributed by atoms with Gasteiger partial charge in [0.2, 0.25) is 0 Å². The molecular formula is C33H69N3O6. The molecule has 0 aliphatic carbocycles. The van der Waals surface area contributed by atoms with Gasteiger partial charge < -0.3 is 43.2 Å². The highest BCUT2D eigenvalue weighted by Gasteiger charge is 2.26. The number of nitrogens with zero attached hydrogens (tertiary/aromatic N) is 3. The van der Waals surface area contributed by atoms with E-state index in [-0.39, 0.29) is 0 Å². The number of aliphatic carboxylic acids is 3.